The number of hydrogen-bond acceptors (Lipinski definition) is 4. The van der Waals surface area contributed by atoms with Crippen LogP contribution in [0.25, 0.3) is 11.0 Å². The second-order valence-electron chi connectivity index (χ2n) is 7.71. The van der Waals surface area contributed by atoms with Gasteiger partial charge in [-0.2, -0.15) is 0 Å². The van der Waals surface area contributed by atoms with Crippen molar-refractivity contribution in [3.8, 4) is 0 Å². The second-order valence-corrected chi connectivity index (χ2v) is 8.69. The molecule has 1 aliphatic carbocycles. The monoisotopic (exact) mass is 387 g/mol. The Morgan fingerprint density at radius 3 is 2.85 bits per heavy atom. The molecular formula is C22H29NO3S. The van der Waals surface area contributed by atoms with E-state index in [0.29, 0.717) is 35.0 Å². The topological polar surface area (TPSA) is 59.3 Å². The van der Waals surface area contributed by atoms with Gasteiger partial charge in [0.05, 0.1) is 5.75 Å². The molecule has 27 heavy (non-hydrogen) atoms. The minimum absolute atomic E-state index is 0.0893. The van der Waals surface area contributed by atoms with Crippen LogP contribution in [0.5, 0.6) is 0 Å². The van der Waals surface area contributed by atoms with Crippen molar-refractivity contribution in [1.82, 2.24) is 5.32 Å². The first-order chi connectivity index (χ1) is 13.0. The molecule has 0 radical (unpaired) electrons. The summed E-state index contributed by atoms with van der Waals surface area (Å²) in [5.41, 5.74) is 2.37. The van der Waals surface area contributed by atoms with Crippen molar-refractivity contribution in [2.75, 3.05) is 5.75 Å². The van der Waals surface area contributed by atoms with Gasteiger partial charge < -0.3 is 9.73 Å². The first-order valence-electron chi connectivity index (χ1n) is 9.90. The summed E-state index contributed by atoms with van der Waals surface area (Å²) >= 11 is 1.55. The molecule has 1 aromatic carbocycles. The Morgan fingerprint density at radius 1 is 1.26 bits per heavy atom. The normalized spacial score (nSPS) is 22.7. The van der Waals surface area contributed by atoms with Crippen molar-refractivity contribution in [2.45, 2.75) is 58.2 Å². The van der Waals surface area contributed by atoms with Crippen LogP contribution in [-0.2, 0) is 17.0 Å². The Morgan fingerprint density at radius 2 is 2.07 bits per heavy atom. The average molecular weight is 388 g/mol. The summed E-state index contributed by atoms with van der Waals surface area (Å²) < 4.78 is 5.35. The summed E-state index contributed by atoms with van der Waals surface area (Å²) in [7, 11) is 0. The lowest BCUT2D eigenvalue weighted by molar-refractivity contribution is -0.119. The predicted molar refractivity (Wildman–Crippen MR) is 112 cm³/mol. The Hall–Kier alpha value is -1.75. The highest BCUT2D eigenvalue weighted by atomic mass is 32.2. The molecule has 0 bridgehead atoms. The molecule has 0 spiro atoms. The molecule has 146 valence electrons. The van der Waals surface area contributed by atoms with Crippen molar-refractivity contribution in [2.24, 2.45) is 11.8 Å². The molecule has 4 nitrogen and oxygen atoms in total. The van der Waals surface area contributed by atoms with Crippen LogP contribution in [0.2, 0.25) is 0 Å². The second kappa shape index (κ2) is 8.96. The molecule has 3 atom stereocenters. The van der Waals surface area contributed by atoms with Gasteiger partial charge in [0.25, 0.3) is 0 Å². The van der Waals surface area contributed by atoms with Crippen molar-refractivity contribution in [3.63, 3.8) is 0 Å². The van der Waals surface area contributed by atoms with Crippen LogP contribution >= 0.6 is 11.8 Å². The third kappa shape index (κ3) is 4.95. The molecule has 0 saturated heterocycles. The van der Waals surface area contributed by atoms with Gasteiger partial charge in [-0.3, -0.25) is 4.79 Å². The summed E-state index contributed by atoms with van der Waals surface area (Å²) in [5, 5.41) is 4.16. The van der Waals surface area contributed by atoms with E-state index in [9.17, 15) is 9.59 Å². The number of aryl methyl sites for hydroxylation is 1. The molecule has 1 N–H and O–H groups in total. The van der Waals surface area contributed by atoms with Crippen LogP contribution in [0.1, 0.15) is 51.2 Å². The summed E-state index contributed by atoms with van der Waals surface area (Å²) in [5.74, 6) is 2.32. The van der Waals surface area contributed by atoms with Crippen LogP contribution in [0.15, 0.2) is 33.5 Å². The number of thioether (sulfide) groups is 1. The smallest absolute Gasteiger partial charge is 0.336 e. The summed E-state index contributed by atoms with van der Waals surface area (Å²) in [6, 6.07) is 7.85. The maximum absolute atomic E-state index is 12.4. The van der Waals surface area contributed by atoms with Crippen molar-refractivity contribution in [1.29, 1.82) is 0 Å². The van der Waals surface area contributed by atoms with E-state index < -0.39 is 0 Å². The van der Waals surface area contributed by atoms with Crippen LogP contribution < -0.4 is 10.9 Å². The van der Waals surface area contributed by atoms with Gasteiger partial charge >= 0.3 is 5.63 Å². The Labute approximate surface area is 165 Å². The fraction of sp³-hybridized carbons (Fsp3) is 0.545. The maximum atomic E-state index is 12.4. The van der Waals surface area contributed by atoms with Crippen molar-refractivity contribution < 1.29 is 9.21 Å². The molecule has 1 aromatic heterocycles. The number of rotatable bonds is 6. The molecule has 5 heteroatoms. The zero-order valence-electron chi connectivity index (χ0n) is 16.4. The number of hydrogen-bond donors (Lipinski definition) is 1. The highest BCUT2D eigenvalue weighted by Crippen LogP contribution is 2.29. The Kier molecular flexibility index (Phi) is 6.64. The minimum atomic E-state index is -0.333. The van der Waals surface area contributed by atoms with E-state index >= 15 is 0 Å². The lowest BCUT2D eigenvalue weighted by Gasteiger charge is -2.34. The Balaban J connectivity index is 1.60. The predicted octanol–water partition coefficient (Wildman–Crippen LogP) is 4.53. The molecule has 1 fully saturated rings. The van der Waals surface area contributed by atoms with Gasteiger partial charge in [-0.1, -0.05) is 45.7 Å². The van der Waals surface area contributed by atoms with E-state index in [4.69, 9.17) is 4.42 Å². The fourth-order valence-electron chi connectivity index (χ4n) is 3.90. The molecule has 1 amide bonds. The molecule has 1 saturated carbocycles. The van der Waals surface area contributed by atoms with Gasteiger partial charge in [0.2, 0.25) is 5.91 Å². The number of fused-ring (bicyclic) bond motifs is 1. The van der Waals surface area contributed by atoms with Gasteiger partial charge in [-0.15, -0.1) is 11.8 Å². The van der Waals surface area contributed by atoms with Gasteiger partial charge in [-0.05, 0) is 41.9 Å². The van der Waals surface area contributed by atoms with Gasteiger partial charge in [0, 0.05) is 23.2 Å². The van der Waals surface area contributed by atoms with E-state index in [1.54, 1.807) is 17.8 Å². The zero-order valence-corrected chi connectivity index (χ0v) is 17.2. The van der Waals surface area contributed by atoms with Crippen LogP contribution in [-0.4, -0.2) is 17.7 Å². The van der Waals surface area contributed by atoms with Crippen molar-refractivity contribution in [3.05, 3.63) is 45.8 Å². The summed E-state index contributed by atoms with van der Waals surface area (Å²) in [6.45, 7) is 6.58. The summed E-state index contributed by atoms with van der Waals surface area (Å²) in [6.07, 6.45) is 4.42. The van der Waals surface area contributed by atoms with E-state index in [0.717, 1.165) is 29.4 Å². The molecule has 2 aromatic rings. The van der Waals surface area contributed by atoms with E-state index in [1.165, 1.54) is 12.8 Å². The summed E-state index contributed by atoms with van der Waals surface area (Å²) in [4.78, 5) is 24.2. The van der Waals surface area contributed by atoms with Crippen LogP contribution in [0.4, 0.5) is 0 Å². The maximum Gasteiger partial charge on any atom is 0.336 e. The zero-order chi connectivity index (χ0) is 19.4. The number of benzene rings is 1. The first-order valence-corrected chi connectivity index (χ1v) is 11.1. The number of nitrogens with one attached hydrogen (secondary N) is 1. The highest BCUT2D eigenvalue weighted by Gasteiger charge is 2.27. The quantitative estimate of drug-likeness (QED) is 0.740. The standard InChI is InChI=1S/C22H29NO3S/c1-4-16-8-9-18-17(11-22(25)26-20(18)10-16)12-27-13-21(24)23-19-7-5-6-14(2)15(19)3/h8-11,14-15,19H,4-7,12-13H2,1-3H3,(H,23,24)/t14-,15+,19-/m1/s1. The van der Waals surface area contributed by atoms with E-state index in [1.807, 2.05) is 12.1 Å². The number of amides is 1. The third-order valence-electron chi connectivity index (χ3n) is 5.85. The Bertz CT molecular complexity index is 860. The molecule has 0 unspecified atom stereocenters. The minimum Gasteiger partial charge on any atom is -0.423 e. The van der Waals surface area contributed by atoms with Gasteiger partial charge in [-0.25, -0.2) is 4.79 Å². The highest BCUT2D eigenvalue weighted by molar-refractivity contribution is 7.99. The first kappa shape index (κ1) is 20.0. The fourth-order valence-corrected chi connectivity index (χ4v) is 4.73. The SMILES string of the molecule is CCc1ccc2c(CSCC(=O)N[C@@H]3CCC[C@@H](C)[C@@H]3C)cc(=O)oc2c1. The third-order valence-corrected chi connectivity index (χ3v) is 6.83. The lowest BCUT2D eigenvalue weighted by Crippen LogP contribution is -2.44. The average Bonchev–Trinajstić information content (AvgIpc) is 2.64. The lowest BCUT2D eigenvalue weighted by atomic mass is 9.78. The van der Waals surface area contributed by atoms with Gasteiger partial charge in [0.1, 0.15) is 5.58 Å². The molecule has 0 aliphatic heterocycles. The molecular weight excluding hydrogens is 358 g/mol. The van der Waals surface area contributed by atoms with Gasteiger partial charge in [0.15, 0.2) is 0 Å². The largest absolute Gasteiger partial charge is 0.423 e. The molecule has 1 heterocycles. The van der Waals surface area contributed by atoms with E-state index in [-0.39, 0.29) is 11.5 Å². The molecule has 1 aliphatic rings. The number of carbonyl (C=O) groups excluding carboxylic acids is 1. The van der Waals surface area contributed by atoms with Crippen LogP contribution in [0, 0.1) is 11.8 Å². The number of carbonyl (C=O) groups is 1. The van der Waals surface area contributed by atoms with Crippen molar-refractivity contribution >= 4 is 28.6 Å². The molecule has 3 rings (SSSR count). The van der Waals surface area contributed by atoms with Crippen LogP contribution in [0.3, 0.4) is 0 Å². The van der Waals surface area contributed by atoms with E-state index in [2.05, 4.69) is 32.2 Å².